The van der Waals surface area contributed by atoms with Crippen molar-refractivity contribution in [2.45, 2.75) is 23.7 Å². The van der Waals surface area contributed by atoms with Crippen LogP contribution >= 0.6 is 0 Å². The van der Waals surface area contributed by atoms with Crippen molar-refractivity contribution in [3.63, 3.8) is 0 Å². The predicted molar refractivity (Wildman–Crippen MR) is 101 cm³/mol. The van der Waals surface area contributed by atoms with Crippen LogP contribution in [0.1, 0.15) is 17.3 Å². The summed E-state index contributed by atoms with van der Waals surface area (Å²) in [7, 11) is -4.77. The fourth-order valence-corrected chi connectivity index (χ4v) is 3.25. The molecule has 1 aliphatic rings. The van der Waals surface area contributed by atoms with Crippen LogP contribution in [0.3, 0.4) is 0 Å². The molecule has 0 fully saturated rings. The lowest BCUT2D eigenvalue weighted by molar-refractivity contribution is -0.123. The van der Waals surface area contributed by atoms with Gasteiger partial charge in [0.25, 0.3) is 5.91 Å². The van der Waals surface area contributed by atoms with Gasteiger partial charge in [0, 0.05) is 11.8 Å². The molecule has 8 nitrogen and oxygen atoms in total. The summed E-state index contributed by atoms with van der Waals surface area (Å²) in [6.45, 7) is 2.16. The SMILES string of the molecule is CC(OC(=O)c1ccc(S(=O)(=O)C(F)F)cc1)C(=O)Nc1ccc2c(c1)OCCO2. The minimum absolute atomic E-state index is 0.0952. The van der Waals surface area contributed by atoms with Gasteiger partial charge < -0.3 is 19.5 Å². The summed E-state index contributed by atoms with van der Waals surface area (Å²) in [5.41, 5.74) is 0.316. The van der Waals surface area contributed by atoms with Gasteiger partial charge in [-0.05, 0) is 43.3 Å². The Morgan fingerprint density at radius 3 is 2.30 bits per heavy atom. The summed E-state index contributed by atoms with van der Waals surface area (Å²) < 4.78 is 63.8. The van der Waals surface area contributed by atoms with Crippen molar-refractivity contribution in [1.82, 2.24) is 0 Å². The lowest BCUT2D eigenvalue weighted by Gasteiger charge is -2.19. The molecular formula is C19H17F2NO7S. The van der Waals surface area contributed by atoms with Crippen molar-refractivity contribution in [1.29, 1.82) is 0 Å². The quantitative estimate of drug-likeness (QED) is 0.687. The van der Waals surface area contributed by atoms with E-state index >= 15 is 0 Å². The highest BCUT2D eigenvalue weighted by molar-refractivity contribution is 7.91. The Balaban J connectivity index is 1.61. The third-order valence-electron chi connectivity index (χ3n) is 4.12. The number of esters is 1. The highest BCUT2D eigenvalue weighted by Gasteiger charge is 2.27. The lowest BCUT2D eigenvalue weighted by atomic mass is 10.2. The number of nitrogens with one attached hydrogen (secondary N) is 1. The maximum Gasteiger partial charge on any atom is 0.341 e. The Morgan fingerprint density at radius 1 is 1.03 bits per heavy atom. The average Bonchev–Trinajstić information content (AvgIpc) is 2.73. The fourth-order valence-electron chi connectivity index (χ4n) is 2.53. The first kappa shape index (κ1) is 21.5. The number of carbonyl (C=O) groups is 2. The minimum atomic E-state index is -4.77. The van der Waals surface area contributed by atoms with E-state index < -0.39 is 38.5 Å². The molecule has 3 rings (SSSR count). The summed E-state index contributed by atoms with van der Waals surface area (Å²) in [6, 6.07) is 8.61. The molecule has 1 heterocycles. The number of hydrogen-bond acceptors (Lipinski definition) is 7. The van der Waals surface area contributed by atoms with Crippen molar-refractivity contribution in [2.75, 3.05) is 18.5 Å². The molecule has 0 spiro atoms. The van der Waals surface area contributed by atoms with Crippen LogP contribution in [0.15, 0.2) is 47.4 Å². The smallest absolute Gasteiger partial charge is 0.341 e. The third-order valence-corrected chi connectivity index (χ3v) is 5.51. The van der Waals surface area contributed by atoms with Crippen LogP contribution in [-0.2, 0) is 19.4 Å². The summed E-state index contributed by atoms with van der Waals surface area (Å²) in [5, 5.41) is 2.58. The van der Waals surface area contributed by atoms with E-state index in [1.54, 1.807) is 18.2 Å². The van der Waals surface area contributed by atoms with Crippen LogP contribution in [0, 0.1) is 0 Å². The van der Waals surface area contributed by atoms with Crippen molar-refractivity contribution >= 4 is 27.4 Å². The van der Waals surface area contributed by atoms with Gasteiger partial charge in [0.05, 0.1) is 10.5 Å². The first-order valence-electron chi connectivity index (χ1n) is 8.72. The summed E-state index contributed by atoms with van der Waals surface area (Å²) >= 11 is 0. The number of carbonyl (C=O) groups excluding carboxylic acids is 2. The normalized spacial score (nSPS) is 14.1. The molecule has 1 atom stereocenters. The number of benzene rings is 2. The summed E-state index contributed by atoms with van der Waals surface area (Å²) in [4.78, 5) is 23.8. The molecule has 0 saturated heterocycles. The average molecular weight is 441 g/mol. The molecule has 0 aromatic heterocycles. The molecule has 0 radical (unpaired) electrons. The van der Waals surface area contributed by atoms with Crippen molar-refractivity contribution < 1.29 is 41.0 Å². The van der Waals surface area contributed by atoms with Gasteiger partial charge in [-0.1, -0.05) is 0 Å². The third kappa shape index (κ3) is 4.67. The second-order valence-corrected chi connectivity index (χ2v) is 8.14. The zero-order chi connectivity index (χ0) is 21.9. The first-order valence-corrected chi connectivity index (χ1v) is 10.3. The lowest BCUT2D eigenvalue weighted by Crippen LogP contribution is -2.30. The fraction of sp³-hybridized carbons (Fsp3) is 0.263. The van der Waals surface area contributed by atoms with Gasteiger partial charge in [-0.15, -0.1) is 0 Å². The number of rotatable bonds is 6. The van der Waals surface area contributed by atoms with E-state index in [1.807, 2.05) is 0 Å². The Bertz CT molecular complexity index is 1060. The highest BCUT2D eigenvalue weighted by atomic mass is 32.2. The summed E-state index contributed by atoms with van der Waals surface area (Å²) in [6.07, 6.45) is -1.19. The number of sulfone groups is 1. The van der Waals surface area contributed by atoms with E-state index in [4.69, 9.17) is 14.2 Å². The van der Waals surface area contributed by atoms with E-state index in [9.17, 15) is 26.8 Å². The maximum atomic E-state index is 12.6. The van der Waals surface area contributed by atoms with Gasteiger partial charge in [-0.2, -0.15) is 8.78 Å². The highest BCUT2D eigenvalue weighted by Crippen LogP contribution is 2.32. The number of amides is 1. The van der Waals surface area contributed by atoms with Crippen molar-refractivity contribution in [3.05, 3.63) is 48.0 Å². The molecule has 11 heteroatoms. The Kier molecular flexibility index (Phi) is 6.20. The second-order valence-electron chi connectivity index (χ2n) is 6.23. The second kappa shape index (κ2) is 8.66. The summed E-state index contributed by atoms with van der Waals surface area (Å²) in [5.74, 6) is -4.07. The molecule has 0 aliphatic carbocycles. The molecule has 1 aliphatic heterocycles. The van der Waals surface area contributed by atoms with Gasteiger partial charge in [0.2, 0.25) is 9.84 Å². The number of hydrogen-bond donors (Lipinski definition) is 1. The van der Waals surface area contributed by atoms with Crippen LogP contribution in [0.5, 0.6) is 11.5 Å². The first-order chi connectivity index (χ1) is 14.2. The molecule has 1 unspecified atom stereocenters. The molecule has 0 bridgehead atoms. The van der Waals surface area contributed by atoms with Gasteiger partial charge in [-0.25, -0.2) is 13.2 Å². The van der Waals surface area contributed by atoms with Gasteiger partial charge in [0.15, 0.2) is 17.6 Å². The van der Waals surface area contributed by atoms with Gasteiger partial charge >= 0.3 is 11.7 Å². The van der Waals surface area contributed by atoms with E-state index in [1.165, 1.54) is 6.92 Å². The Morgan fingerprint density at radius 2 is 1.67 bits per heavy atom. The monoisotopic (exact) mass is 441 g/mol. The van der Waals surface area contributed by atoms with Crippen molar-refractivity contribution in [3.8, 4) is 11.5 Å². The number of anilines is 1. The predicted octanol–water partition coefficient (Wildman–Crippen LogP) is 2.64. The van der Waals surface area contributed by atoms with Crippen LogP contribution in [0.25, 0.3) is 0 Å². The number of halogens is 2. The van der Waals surface area contributed by atoms with Crippen LogP contribution < -0.4 is 14.8 Å². The van der Waals surface area contributed by atoms with Gasteiger partial charge in [0.1, 0.15) is 13.2 Å². The molecule has 30 heavy (non-hydrogen) atoms. The zero-order valence-electron chi connectivity index (χ0n) is 15.6. The van der Waals surface area contributed by atoms with E-state index in [-0.39, 0.29) is 5.56 Å². The number of ether oxygens (including phenoxy) is 3. The maximum absolute atomic E-state index is 12.6. The van der Waals surface area contributed by atoms with Crippen LogP contribution in [0.4, 0.5) is 14.5 Å². The molecule has 0 saturated carbocycles. The Labute approximate surface area is 170 Å². The largest absolute Gasteiger partial charge is 0.486 e. The van der Waals surface area contributed by atoms with Crippen LogP contribution in [0.2, 0.25) is 0 Å². The number of fused-ring (bicyclic) bond motifs is 1. The molecule has 160 valence electrons. The standard InChI is InChI=1S/C19H17F2NO7S/c1-11(17(23)22-13-4-7-15-16(10-13)28-9-8-27-15)29-18(24)12-2-5-14(6-3-12)30(25,26)19(20)21/h2-7,10-11,19H,8-9H2,1H3,(H,22,23). The molecule has 1 N–H and O–H groups in total. The zero-order valence-corrected chi connectivity index (χ0v) is 16.4. The molecule has 2 aromatic carbocycles. The number of alkyl halides is 2. The van der Waals surface area contributed by atoms with Crippen molar-refractivity contribution in [2.24, 2.45) is 0 Å². The minimum Gasteiger partial charge on any atom is -0.486 e. The Hall–Kier alpha value is -3.21. The van der Waals surface area contributed by atoms with Gasteiger partial charge in [-0.3, -0.25) is 4.79 Å². The molecular weight excluding hydrogens is 424 g/mol. The van der Waals surface area contributed by atoms with E-state index in [2.05, 4.69) is 5.32 Å². The van der Waals surface area contributed by atoms with E-state index in [0.29, 0.717) is 30.4 Å². The molecule has 2 aromatic rings. The molecule has 1 amide bonds. The van der Waals surface area contributed by atoms with E-state index in [0.717, 1.165) is 24.3 Å². The van der Waals surface area contributed by atoms with Crippen LogP contribution in [-0.4, -0.2) is 45.4 Å². The topological polar surface area (TPSA) is 108 Å².